The minimum absolute atomic E-state index is 0.195. The molecule has 0 aromatic carbocycles. The van der Waals surface area contributed by atoms with E-state index >= 15 is 0 Å². The first kappa shape index (κ1) is 31.8. The maximum atomic E-state index is 12.1. The van der Waals surface area contributed by atoms with Gasteiger partial charge in [-0.05, 0) is 25.7 Å². The molecule has 0 saturated carbocycles. The van der Waals surface area contributed by atoms with E-state index in [1.165, 1.54) is 32.1 Å². The predicted octanol–water partition coefficient (Wildman–Crippen LogP) is 6.00. The number of carbonyl (C=O) groups is 2. The minimum Gasteiger partial charge on any atom is -0.462 e. The first-order valence-corrected chi connectivity index (χ1v) is 14.0. The van der Waals surface area contributed by atoms with Gasteiger partial charge in [0.15, 0.2) is 6.10 Å². The minimum atomic E-state index is -4.72. The Morgan fingerprint density at radius 3 is 1.88 bits per heavy atom. The summed E-state index contributed by atoms with van der Waals surface area (Å²) in [7, 11) is -4.72. The summed E-state index contributed by atoms with van der Waals surface area (Å²) in [6.07, 6.45) is 15.9. The number of hydrogen-bond acceptors (Lipinski definition) is 6. The summed E-state index contributed by atoms with van der Waals surface area (Å²) in [4.78, 5) is 41.9. The lowest BCUT2D eigenvalue weighted by Gasteiger charge is -2.18. The lowest BCUT2D eigenvalue weighted by Crippen LogP contribution is -2.29. The van der Waals surface area contributed by atoms with Gasteiger partial charge in [-0.1, -0.05) is 77.2 Å². The van der Waals surface area contributed by atoms with Gasteiger partial charge in [-0.25, -0.2) is 4.57 Å². The van der Waals surface area contributed by atoms with Crippen molar-refractivity contribution in [3.8, 4) is 0 Å². The Hall–Kier alpha value is -1.21. The smallest absolute Gasteiger partial charge is 0.462 e. The number of phosphoric ester groups is 1. The third-order valence-electron chi connectivity index (χ3n) is 5.18. The van der Waals surface area contributed by atoms with Crippen molar-refractivity contribution in [1.29, 1.82) is 0 Å². The molecule has 0 bridgehead atoms. The highest BCUT2D eigenvalue weighted by Gasteiger charge is 2.22. The SMILES string of the molecule is C=CCCCCCCCC(=O)O[C@H](COC(=O)CCCCCCCCCC)COP(=O)(O)O. The molecule has 0 saturated heterocycles. The molecular formula is C24H45O8P. The van der Waals surface area contributed by atoms with Crippen LogP contribution in [0.3, 0.4) is 0 Å². The Morgan fingerprint density at radius 1 is 0.818 bits per heavy atom. The van der Waals surface area contributed by atoms with E-state index in [0.717, 1.165) is 51.4 Å². The predicted molar refractivity (Wildman–Crippen MR) is 129 cm³/mol. The van der Waals surface area contributed by atoms with Crippen LogP contribution in [0.15, 0.2) is 12.7 Å². The molecule has 0 aromatic rings. The molecule has 0 unspecified atom stereocenters. The summed E-state index contributed by atoms with van der Waals surface area (Å²) >= 11 is 0. The molecule has 0 fully saturated rings. The second-order valence-corrected chi connectivity index (χ2v) is 9.64. The molecule has 0 aliphatic carbocycles. The molecule has 9 heteroatoms. The van der Waals surface area contributed by atoms with Gasteiger partial charge in [0.1, 0.15) is 6.61 Å². The van der Waals surface area contributed by atoms with Gasteiger partial charge in [-0.15, -0.1) is 6.58 Å². The molecule has 0 aliphatic rings. The Kier molecular flexibility index (Phi) is 20.5. The third kappa shape index (κ3) is 23.7. The van der Waals surface area contributed by atoms with Crippen LogP contribution in [0.4, 0.5) is 0 Å². The van der Waals surface area contributed by atoms with Gasteiger partial charge in [0, 0.05) is 12.8 Å². The summed E-state index contributed by atoms with van der Waals surface area (Å²) in [6.45, 7) is 5.04. The molecule has 0 spiro atoms. The van der Waals surface area contributed by atoms with E-state index in [-0.39, 0.29) is 19.4 Å². The van der Waals surface area contributed by atoms with Crippen molar-refractivity contribution >= 4 is 19.8 Å². The van der Waals surface area contributed by atoms with E-state index in [2.05, 4.69) is 18.0 Å². The van der Waals surface area contributed by atoms with Crippen molar-refractivity contribution in [2.45, 2.75) is 116 Å². The molecule has 2 N–H and O–H groups in total. The van der Waals surface area contributed by atoms with E-state index in [9.17, 15) is 14.2 Å². The average Bonchev–Trinajstić information content (AvgIpc) is 2.76. The Morgan fingerprint density at radius 2 is 1.33 bits per heavy atom. The molecule has 194 valence electrons. The van der Waals surface area contributed by atoms with Crippen LogP contribution in [0, 0.1) is 0 Å². The zero-order valence-corrected chi connectivity index (χ0v) is 21.3. The fourth-order valence-electron chi connectivity index (χ4n) is 3.29. The van der Waals surface area contributed by atoms with Gasteiger partial charge in [0.05, 0.1) is 6.61 Å². The van der Waals surface area contributed by atoms with Crippen LogP contribution in [0.2, 0.25) is 0 Å². The van der Waals surface area contributed by atoms with Gasteiger partial charge < -0.3 is 19.3 Å². The van der Waals surface area contributed by atoms with Crippen molar-refractivity contribution in [1.82, 2.24) is 0 Å². The van der Waals surface area contributed by atoms with Gasteiger partial charge in [0.2, 0.25) is 0 Å². The number of esters is 2. The highest BCUT2D eigenvalue weighted by Crippen LogP contribution is 2.35. The maximum Gasteiger partial charge on any atom is 0.469 e. The van der Waals surface area contributed by atoms with Crippen LogP contribution in [0.25, 0.3) is 0 Å². The van der Waals surface area contributed by atoms with E-state index < -0.39 is 32.5 Å². The number of carbonyl (C=O) groups excluding carboxylic acids is 2. The molecule has 0 aromatic heterocycles. The largest absolute Gasteiger partial charge is 0.469 e. The third-order valence-corrected chi connectivity index (χ3v) is 5.67. The normalized spacial score (nSPS) is 12.3. The van der Waals surface area contributed by atoms with Crippen LogP contribution >= 0.6 is 7.82 Å². The highest BCUT2D eigenvalue weighted by atomic mass is 31.2. The Labute approximate surface area is 199 Å². The van der Waals surface area contributed by atoms with Crippen LogP contribution in [0.5, 0.6) is 0 Å². The zero-order valence-electron chi connectivity index (χ0n) is 20.4. The number of unbranched alkanes of at least 4 members (excludes halogenated alkanes) is 12. The van der Waals surface area contributed by atoms with Gasteiger partial charge in [0.25, 0.3) is 0 Å². The fraction of sp³-hybridized carbons (Fsp3) is 0.833. The van der Waals surface area contributed by atoms with E-state index in [4.69, 9.17) is 19.3 Å². The maximum absolute atomic E-state index is 12.1. The number of allylic oxidation sites excluding steroid dienone is 1. The molecule has 33 heavy (non-hydrogen) atoms. The monoisotopic (exact) mass is 492 g/mol. The Balaban J connectivity index is 4.15. The van der Waals surface area contributed by atoms with Crippen LogP contribution in [-0.4, -0.2) is 41.0 Å². The first-order valence-electron chi connectivity index (χ1n) is 12.4. The molecule has 8 nitrogen and oxygen atoms in total. The van der Waals surface area contributed by atoms with Gasteiger partial charge in [-0.3, -0.25) is 14.1 Å². The van der Waals surface area contributed by atoms with Crippen molar-refractivity contribution < 1.29 is 37.9 Å². The molecule has 1 atom stereocenters. The fourth-order valence-corrected chi connectivity index (χ4v) is 3.65. The number of phosphoric acid groups is 1. The second kappa shape index (κ2) is 21.3. The molecular weight excluding hydrogens is 447 g/mol. The van der Waals surface area contributed by atoms with Crippen molar-refractivity contribution in [3.05, 3.63) is 12.7 Å². The summed E-state index contributed by atoms with van der Waals surface area (Å²) in [5, 5.41) is 0. The molecule has 0 radical (unpaired) electrons. The molecule has 0 aliphatic heterocycles. The number of rotatable bonds is 23. The van der Waals surface area contributed by atoms with Crippen LogP contribution in [0.1, 0.15) is 110 Å². The summed E-state index contributed by atoms with van der Waals surface area (Å²) in [5.74, 6) is -0.919. The lowest BCUT2D eigenvalue weighted by atomic mass is 10.1. The van der Waals surface area contributed by atoms with Gasteiger partial charge in [-0.2, -0.15) is 0 Å². The standard InChI is InChI=1S/C24H45O8P/c1-3-5-7-9-11-13-14-16-18-23(25)30-20-22(21-31-33(27,28)29)32-24(26)19-17-15-12-10-8-6-4-2/h4,22H,2-3,5-21H2,1H3,(H2,27,28,29)/t22-/m1/s1. The second-order valence-electron chi connectivity index (χ2n) is 8.40. The quantitative estimate of drug-likeness (QED) is 0.0771. The molecule has 0 amide bonds. The lowest BCUT2D eigenvalue weighted by molar-refractivity contribution is -0.161. The highest BCUT2D eigenvalue weighted by molar-refractivity contribution is 7.46. The topological polar surface area (TPSA) is 119 Å². The van der Waals surface area contributed by atoms with Crippen molar-refractivity contribution in [2.24, 2.45) is 0 Å². The van der Waals surface area contributed by atoms with E-state index in [0.29, 0.717) is 6.42 Å². The van der Waals surface area contributed by atoms with Gasteiger partial charge >= 0.3 is 19.8 Å². The zero-order chi connectivity index (χ0) is 24.8. The van der Waals surface area contributed by atoms with Crippen molar-refractivity contribution in [2.75, 3.05) is 13.2 Å². The summed E-state index contributed by atoms with van der Waals surface area (Å²) in [6, 6.07) is 0. The molecule has 0 heterocycles. The van der Waals surface area contributed by atoms with E-state index in [1.54, 1.807) is 0 Å². The number of ether oxygens (including phenoxy) is 2. The molecule has 0 rings (SSSR count). The number of hydrogen-bond donors (Lipinski definition) is 2. The Bertz CT molecular complexity index is 561. The first-order chi connectivity index (χ1) is 15.8. The summed E-state index contributed by atoms with van der Waals surface area (Å²) < 4.78 is 25.8. The average molecular weight is 493 g/mol. The van der Waals surface area contributed by atoms with Crippen LogP contribution in [-0.2, 0) is 28.2 Å². The van der Waals surface area contributed by atoms with Crippen molar-refractivity contribution in [3.63, 3.8) is 0 Å². The van der Waals surface area contributed by atoms with E-state index in [1.807, 2.05) is 6.08 Å². The summed E-state index contributed by atoms with van der Waals surface area (Å²) in [5.41, 5.74) is 0. The van der Waals surface area contributed by atoms with Crippen LogP contribution < -0.4 is 0 Å².